The molecule has 1 aliphatic heterocycles. The molecule has 1 aliphatic rings. The number of nitrogens with zero attached hydrogens (tertiary/aromatic N) is 1. The number of amides is 1. The number of carbonyl (C=O) groups excluding carboxylic acids is 1. The first-order valence-electron chi connectivity index (χ1n) is 8.32. The van der Waals surface area contributed by atoms with E-state index in [1.54, 1.807) is 17.9 Å². The normalized spacial score (nSPS) is 22.0. The molecule has 0 fully saturated rings. The van der Waals surface area contributed by atoms with E-state index in [0.717, 1.165) is 18.5 Å². The first kappa shape index (κ1) is 17.0. The lowest BCUT2D eigenvalue weighted by Gasteiger charge is -2.24. The molecule has 0 radical (unpaired) electrons. The van der Waals surface area contributed by atoms with Crippen LogP contribution in [-0.4, -0.2) is 28.8 Å². The average Bonchev–Trinajstić information content (AvgIpc) is 2.68. The zero-order valence-electron chi connectivity index (χ0n) is 13.6. The van der Waals surface area contributed by atoms with Crippen LogP contribution in [0.4, 0.5) is 5.69 Å². The highest BCUT2D eigenvalue weighted by atomic mass is 16.3. The Balaban J connectivity index is 2.13. The molecule has 2 rings (SSSR count). The van der Waals surface area contributed by atoms with E-state index >= 15 is 0 Å². The Bertz CT molecular complexity index is 515. The first-order chi connectivity index (χ1) is 10.5. The van der Waals surface area contributed by atoms with Crippen LogP contribution >= 0.6 is 0 Å². The van der Waals surface area contributed by atoms with Gasteiger partial charge in [-0.3, -0.25) is 4.79 Å². The first-order valence-corrected chi connectivity index (χ1v) is 8.32. The summed E-state index contributed by atoms with van der Waals surface area (Å²) in [5.74, 6) is -0.301. The van der Waals surface area contributed by atoms with Gasteiger partial charge in [-0.1, -0.05) is 50.8 Å². The molecule has 22 heavy (non-hydrogen) atoms. The fraction of sp³-hybridized carbons (Fsp3) is 0.611. The van der Waals surface area contributed by atoms with Gasteiger partial charge in [0.05, 0.1) is 11.8 Å². The smallest absolute Gasteiger partial charge is 0.263 e. The van der Waals surface area contributed by atoms with Crippen LogP contribution in [-0.2, 0) is 10.4 Å². The van der Waals surface area contributed by atoms with Crippen LogP contribution in [0.2, 0.25) is 0 Å². The van der Waals surface area contributed by atoms with Crippen molar-refractivity contribution in [3.63, 3.8) is 0 Å². The van der Waals surface area contributed by atoms with Crippen molar-refractivity contribution in [1.29, 1.82) is 0 Å². The number of aliphatic hydroxyl groups is 2. The minimum atomic E-state index is -1.59. The highest BCUT2D eigenvalue weighted by Crippen LogP contribution is 2.42. The second-order valence-corrected chi connectivity index (χ2v) is 6.30. The number of anilines is 1. The van der Waals surface area contributed by atoms with Crippen LogP contribution < -0.4 is 4.90 Å². The SMILES string of the molecule is CCCCCCCN1C(=O)C(O)(CC(C)O)c2ccccc21. The third kappa shape index (κ3) is 3.33. The molecule has 2 atom stereocenters. The molecule has 1 amide bonds. The molecule has 2 unspecified atom stereocenters. The van der Waals surface area contributed by atoms with E-state index in [4.69, 9.17) is 0 Å². The van der Waals surface area contributed by atoms with Crippen molar-refractivity contribution in [3.8, 4) is 0 Å². The van der Waals surface area contributed by atoms with Crippen LogP contribution in [0.5, 0.6) is 0 Å². The molecule has 0 spiro atoms. The summed E-state index contributed by atoms with van der Waals surface area (Å²) >= 11 is 0. The topological polar surface area (TPSA) is 60.8 Å². The Labute approximate surface area is 132 Å². The maximum Gasteiger partial charge on any atom is 0.263 e. The van der Waals surface area contributed by atoms with Crippen LogP contribution in [0.3, 0.4) is 0 Å². The Morgan fingerprint density at radius 3 is 2.55 bits per heavy atom. The summed E-state index contributed by atoms with van der Waals surface area (Å²) < 4.78 is 0. The predicted octanol–water partition coefficient (Wildman–Crippen LogP) is 2.96. The molecule has 122 valence electrons. The summed E-state index contributed by atoms with van der Waals surface area (Å²) in [6.45, 7) is 4.40. The number of para-hydroxylation sites is 1. The summed E-state index contributed by atoms with van der Waals surface area (Å²) in [4.78, 5) is 14.4. The number of unbranched alkanes of at least 4 members (excludes halogenated alkanes) is 4. The molecule has 4 heteroatoms. The van der Waals surface area contributed by atoms with Crippen molar-refractivity contribution in [2.75, 3.05) is 11.4 Å². The maximum atomic E-state index is 12.7. The molecule has 1 heterocycles. The average molecular weight is 305 g/mol. The van der Waals surface area contributed by atoms with Crippen LogP contribution in [0.25, 0.3) is 0 Å². The molecule has 0 bridgehead atoms. The molecule has 0 aromatic heterocycles. The molecule has 0 saturated carbocycles. The second kappa shape index (κ2) is 7.25. The monoisotopic (exact) mass is 305 g/mol. The standard InChI is InChI=1S/C18H27NO3/c1-3-4-5-6-9-12-19-16-11-8-7-10-15(16)18(22,17(19)21)13-14(2)20/h7-8,10-11,14,20,22H,3-6,9,12-13H2,1-2H3. The summed E-state index contributed by atoms with van der Waals surface area (Å²) in [5.41, 5.74) is -0.186. The minimum absolute atomic E-state index is 0.0369. The van der Waals surface area contributed by atoms with Gasteiger partial charge in [-0.25, -0.2) is 0 Å². The van der Waals surface area contributed by atoms with Crippen molar-refractivity contribution in [3.05, 3.63) is 29.8 Å². The van der Waals surface area contributed by atoms with Crippen LogP contribution in [0, 0.1) is 0 Å². The Morgan fingerprint density at radius 1 is 1.18 bits per heavy atom. The zero-order chi connectivity index (χ0) is 16.2. The molecular weight excluding hydrogens is 278 g/mol. The molecule has 0 aliphatic carbocycles. The van der Waals surface area contributed by atoms with Gasteiger partial charge in [0.15, 0.2) is 5.60 Å². The lowest BCUT2D eigenvalue weighted by molar-refractivity contribution is -0.139. The fourth-order valence-electron chi connectivity index (χ4n) is 3.23. The number of hydrogen-bond donors (Lipinski definition) is 2. The van der Waals surface area contributed by atoms with Crippen molar-refractivity contribution >= 4 is 11.6 Å². The summed E-state index contributed by atoms with van der Waals surface area (Å²) in [5, 5.41) is 20.5. The predicted molar refractivity (Wildman–Crippen MR) is 87.7 cm³/mol. The van der Waals surface area contributed by atoms with Crippen LogP contribution in [0.1, 0.15) is 57.9 Å². The number of rotatable bonds is 8. The minimum Gasteiger partial charge on any atom is -0.393 e. The van der Waals surface area contributed by atoms with E-state index in [1.807, 2.05) is 18.2 Å². The Hall–Kier alpha value is -1.39. The van der Waals surface area contributed by atoms with Gasteiger partial charge < -0.3 is 15.1 Å². The molecule has 1 aromatic rings. The zero-order valence-corrected chi connectivity index (χ0v) is 13.6. The van der Waals surface area contributed by atoms with Gasteiger partial charge in [0.2, 0.25) is 0 Å². The van der Waals surface area contributed by atoms with Gasteiger partial charge in [0, 0.05) is 18.5 Å². The number of benzene rings is 1. The number of aliphatic hydroxyl groups excluding tert-OH is 1. The van der Waals surface area contributed by atoms with Crippen molar-refractivity contribution in [2.24, 2.45) is 0 Å². The van der Waals surface area contributed by atoms with Gasteiger partial charge in [0.1, 0.15) is 0 Å². The van der Waals surface area contributed by atoms with Crippen molar-refractivity contribution < 1.29 is 15.0 Å². The summed E-state index contributed by atoms with van der Waals surface area (Å²) in [6.07, 6.45) is 4.93. The Morgan fingerprint density at radius 2 is 1.86 bits per heavy atom. The van der Waals surface area contributed by atoms with E-state index in [0.29, 0.717) is 12.1 Å². The maximum absolute atomic E-state index is 12.7. The van der Waals surface area contributed by atoms with Crippen molar-refractivity contribution in [2.45, 2.75) is 64.1 Å². The van der Waals surface area contributed by atoms with Gasteiger partial charge in [-0.15, -0.1) is 0 Å². The van der Waals surface area contributed by atoms with Gasteiger partial charge >= 0.3 is 0 Å². The highest BCUT2D eigenvalue weighted by molar-refractivity contribution is 6.06. The largest absolute Gasteiger partial charge is 0.393 e. The van der Waals surface area contributed by atoms with Gasteiger partial charge in [-0.2, -0.15) is 0 Å². The molecule has 4 nitrogen and oxygen atoms in total. The van der Waals surface area contributed by atoms with E-state index in [1.165, 1.54) is 19.3 Å². The summed E-state index contributed by atoms with van der Waals surface area (Å²) in [7, 11) is 0. The molecule has 0 saturated heterocycles. The van der Waals surface area contributed by atoms with Gasteiger partial charge in [-0.05, 0) is 19.4 Å². The molecule has 2 N–H and O–H groups in total. The lowest BCUT2D eigenvalue weighted by atomic mass is 9.90. The quantitative estimate of drug-likeness (QED) is 0.726. The van der Waals surface area contributed by atoms with E-state index in [2.05, 4.69) is 6.92 Å². The summed E-state index contributed by atoms with van der Waals surface area (Å²) in [6, 6.07) is 7.36. The van der Waals surface area contributed by atoms with E-state index in [9.17, 15) is 15.0 Å². The van der Waals surface area contributed by atoms with Gasteiger partial charge in [0.25, 0.3) is 5.91 Å². The lowest BCUT2D eigenvalue weighted by Crippen LogP contribution is -2.42. The fourth-order valence-corrected chi connectivity index (χ4v) is 3.23. The number of fused-ring (bicyclic) bond motifs is 1. The van der Waals surface area contributed by atoms with Crippen molar-refractivity contribution in [1.82, 2.24) is 0 Å². The third-order valence-electron chi connectivity index (χ3n) is 4.32. The van der Waals surface area contributed by atoms with Crippen LogP contribution in [0.15, 0.2) is 24.3 Å². The second-order valence-electron chi connectivity index (χ2n) is 6.30. The Kier molecular flexibility index (Phi) is 5.59. The number of carbonyl (C=O) groups is 1. The molecule has 1 aromatic carbocycles. The number of hydrogen-bond acceptors (Lipinski definition) is 3. The third-order valence-corrected chi connectivity index (χ3v) is 4.32. The van der Waals surface area contributed by atoms with E-state index in [-0.39, 0.29) is 12.3 Å². The molecular formula is C18H27NO3. The highest BCUT2D eigenvalue weighted by Gasteiger charge is 2.49. The van der Waals surface area contributed by atoms with E-state index < -0.39 is 11.7 Å².